The van der Waals surface area contributed by atoms with Crippen LogP contribution in [0.1, 0.15) is 92.8 Å². The Labute approximate surface area is 273 Å². The summed E-state index contributed by atoms with van der Waals surface area (Å²) in [5.41, 5.74) is 4.76. The summed E-state index contributed by atoms with van der Waals surface area (Å²) in [6.07, 6.45) is 9.41. The molecule has 3 aliphatic rings. The van der Waals surface area contributed by atoms with Gasteiger partial charge in [-0.15, -0.1) is 0 Å². The van der Waals surface area contributed by atoms with E-state index in [2.05, 4.69) is 45.8 Å². The first-order chi connectivity index (χ1) is 21.6. The third-order valence-corrected chi connectivity index (χ3v) is 7.34. The number of amides is 1. The molecule has 1 atom stereocenters. The second kappa shape index (κ2) is 20.6. The number of rotatable bonds is 8. The van der Waals surface area contributed by atoms with Crippen molar-refractivity contribution in [1.29, 1.82) is 5.26 Å². The molecule has 0 saturated carbocycles. The highest BCUT2D eigenvalue weighted by molar-refractivity contribution is 5.68. The molecule has 3 heterocycles. The quantitative estimate of drug-likeness (QED) is 0.340. The minimum atomic E-state index is -0.391. The summed E-state index contributed by atoms with van der Waals surface area (Å²) in [6, 6.07) is 2.63. The van der Waals surface area contributed by atoms with E-state index < -0.39 is 5.60 Å². The van der Waals surface area contributed by atoms with E-state index in [0.29, 0.717) is 18.6 Å². The fourth-order valence-corrected chi connectivity index (χ4v) is 5.50. The van der Waals surface area contributed by atoms with Gasteiger partial charge in [-0.1, -0.05) is 45.6 Å². The lowest BCUT2D eigenvalue weighted by molar-refractivity contribution is 0.0260. The number of piperazine rings is 1. The predicted octanol–water partition coefficient (Wildman–Crippen LogP) is 6.64. The number of nitriles is 1. The van der Waals surface area contributed by atoms with Crippen LogP contribution in [-0.2, 0) is 17.8 Å². The number of ether oxygens (including phenoxy) is 2. The summed E-state index contributed by atoms with van der Waals surface area (Å²) >= 11 is 0. The van der Waals surface area contributed by atoms with Crippen molar-refractivity contribution in [3.05, 3.63) is 47.2 Å². The number of methoxy groups -OCH3 is 1. The van der Waals surface area contributed by atoms with Crippen LogP contribution in [0.15, 0.2) is 36.0 Å². The Kier molecular flexibility index (Phi) is 18.1. The van der Waals surface area contributed by atoms with Gasteiger partial charge in [0, 0.05) is 70.9 Å². The first kappa shape index (κ1) is 39.6. The second-order valence-electron chi connectivity index (χ2n) is 11.6. The lowest BCUT2D eigenvalue weighted by Gasteiger charge is -2.30. The maximum atomic E-state index is 11.5. The molecule has 0 radical (unpaired) electrons. The lowest BCUT2D eigenvalue weighted by Crippen LogP contribution is -2.44. The molecule has 0 spiro atoms. The van der Waals surface area contributed by atoms with Crippen LogP contribution >= 0.6 is 0 Å². The van der Waals surface area contributed by atoms with Crippen molar-refractivity contribution in [3.63, 3.8) is 0 Å². The van der Waals surface area contributed by atoms with Crippen LogP contribution < -0.4 is 15.0 Å². The van der Waals surface area contributed by atoms with Gasteiger partial charge in [0.15, 0.2) is 0 Å². The summed E-state index contributed by atoms with van der Waals surface area (Å²) in [5, 5.41) is 10.7. The number of anilines is 1. The molecule has 1 saturated heterocycles. The lowest BCUT2D eigenvalue weighted by atomic mass is 10.1. The van der Waals surface area contributed by atoms with E-state index in [0.717, 1.165) is 76.6 Å². The molecule has 1 unspecified atom stereocenters. The number of hydrogen-bond donors (Lipinski definition) is 1. The van der Waals surface area contributed by atoms with E-state index in [1.807, 2.05) is 54.5 Å². The molecule has 1 aromatic heterocycles. The number of hydrogen-bond acceptors (Lipinski definition) is 9. The van der Waals surface area contributed by atoms with Gasteiger partial charge in [-0.2, -0.15) is 15.2 Å². The maximum Gasteiger partial charge on any atom is 0.410 e. The van der Waals surface area contributed by atoms with Crippen LogP contribution in [0.4, 0.5) is 10.6 Å². The van der Waals surface area contributed by atoms with Crippen molar-refractivity contribution in [3.8, 4) is 12.1 Å². The van der Waals surface area contributed by atoms with E-state index in [9.17, 15) is 4.79 Å². The average molecular weight is 626 g/mol. The zero-order chi connectivity index (χ0) is 34.0. The van der Waals surface area contributed by atoms with Crippen molar-refractivity contribution >= 4 is 11.9 Å². The molecule has 10 nitrogen and oxygen atoms in total. The molecule has 1 aliphatic carbocycles. The molecule has 1 aromatic rings. The minimum Gasteiger partial charge on any atom is -0.467 e. The van der Waals surface area contributed by atoms with Gasteiger partial charge in [0.25, 0.3) is 0 Å². The zero-order valence-electron chi connectivity index (χ0n) is 29.7. The smallest absolute Gasteiger partial charge is 0.410 e. The van der Waals surface area contributed by atoms with Crippen LogP contribution in [0.2, 0.25) is 0 Å². The minimum absolute atomic E-state index is 0.211. The SMILES string of the molecule is C=CC1=C(/C=C\C)CCC1N1Cc2nc(OC)nc(N3CCNCC3)c2C1.CC.CC#N.CCCN(CC)C(=O)OC(C)(C)C. The van der Waals surface area contributed by atoms with Gasteiger partial charge in [0.1, 0.15) is 11.4 Å². The molecule has 1 N–H and O–H groups in total. The van der Waals surface area contributed by atoms with E-state index in [1.54, 1.807) is 18.1 Å². The molecular formula is C35H59N7O3. The fraction of sp³-hybridized carbons (Fsp3) is 0.657. The third kappa shape index (κ3) is 12.1. The molecule has 252 valence electrons. The van der Waals surface area contributed by atoms with Gasteiger partial charge < -0.3 is 24.6 Å². The van der Waals surface area contributed by atoms with Gasteiger partial charge in [-0.3, -0.25) is 4.90 Å². The number of aromatic nitrogens is 2. The van der Waals surface area contributed by atoms with Crippen molar-refractivity contribution in [1.82, 2.24) is 25.1 Å². The highest BCUT2D eigenvalue weighted by atomic mass is 16.6. The van der Waals surface area contributed by atoms with Crippen molar-refractivity contribution in [2.75, 3.05) is 51.3 Å². The van der Waals surface area contributed by atoms with E-state index in [1.165, 1.54) is 23.6 Å². The summed E-state index contributed by atoms with van der Waals surface area (Å²) in [5.74, 6) is 1.05. The van der Waals surface area contributed by atoms with Gasteiger partial charge in [-0.05, 0) is 65.0 Å². The molecule has 1 fully saturated rings. The summed E-state index contributed by atoms with van der Waals surface area (Å²) in [7, 11) is 1.65. The van der Waals surface area contributed by atoms with Crippen molar-refractivity contribution < 1.29 is 14.3 Å². The molecular weight excluding hydrogens is 566 g/mol. The standard InChI is InChI=1S/C21H29N5O.C10H21NO2.C2H3N.C2H6/c1-4-6-15-7-8-19(16(15)5-2)26-13-17-18(14-26)23-21(27-3)24-20(17)25-11-9-22-10-12-25;1-6-8-11(7-2)9(12)13-10(3,4)5;1-2-3;1-2/h4-6,19,22H,2,7-14H2,1,3H3;6-8H2,1-5H3;1H3;1-2H3/b6-4-;;;. The number of carbonyl (C=O) groups is 1. The summed E-state index contributed by atoms with van der Waals surface area (Å²) < 4.78 is 10.6. The van der Waals surface area contributed by atoms with E-state index in [-0.39, 0.29) is 6.09 Å². The Morgan fingerprint density at radius 2 is 1.84 bits per heavy atom. The van der Waals surface area contributed by atoms with Gasteiger partial charge in [0.05, 0.1) is 18.9 Å². The average Bonchev–Trinajstić information content (AvgIpc) is 3.64. The number of fused-ring (bicyclic) bond motifs is 1. The largest absolute Gasteiger partial charge is 0.467 e. The van der Waals surface area contributed by atoms with Gasteiger partial charge in [-0.25, -0.2) is 4.79 Å². The monoisotopic (exact) mass is 625 g/mol. The second-order valence-corrected chi connectivity index (χ2v) is 11.6. The third-order valence-electron chi connectivity index (χ3n) is 7.34. The molecule has 2 aliphatic heterocycles. The highest BCUT2D eigenvalue weighted by Gasteiger charge is 2.35. The Balaban J connectivity index is 0.000000475. The molecule has 45 heavy (non-hydrogen) atoms. The maximum absolute atomic E-state index is 11.5. The van der Waals surface area contributed by atoms with E-state index >= 15 is 0 Å². The van der Waals surface area contributed by atoms with Crippen LogP contribution in [-0.4, -0.2) is 83.9 Å². The number of nitrogens with zero attached hydrogens (tertiary/aromatic N) is 6. The molecule has 10 heteroatoms. The number of carbonyl (C=O) groups excluding carboxylic acids is 1. The predicted molar refractivity (Wildman–Crippen MR) is 184 cm³/mol. The van der Waals surface area contributed by atoms with E-state index in [4.69, 9.17) is 19.7 Å². The first-order valence-corrected chi connectivity index (χ1v) is 16.5. The van der Waals surface area contributed by atoms with Crippen molar-refractivity contribution in [2.24, 2.45) is 0 Å². The van der Waals surface area contributed by atoms with Crippen LogP contribution in [0.3, 0.4) is 0 Å². The van der Waals surface area contributed by atoms with Crippen LogP contribution in [0.5, 0.6) is 6.01 Å². The molecule has 0 bridgehead atoms. The summed E-state index contributed by atoms with van der Waals surface area (Å²) in [4.78, 5) is 27.5. The molecule has 1 amide bonds. The fourth-order valence-electron chi connectivity index (χ4n) is 5.50. The topological polar surface area (TPSA) is 107 Å². The highest BCUT2D eigenvalue weighted by Crippen LogP contribution is 2.38. The summed E-state index contributed by atoms with van der Waals surface area (Å²) in [6.45, 7) is 28.4. The number of nitrogens with one attached hydrogen (secondary N) is 1. The normalized spacial score (nSPS) is 17.5. The Bertz CT molecular complexity index is 1160. The zero-order valence-corrected chi connectivity index (χ0v) is 29.7. The molecule has 4 rings (SSSR count). The van der Waals surface area contributed by atoms with Gasteiger partial charge in [0.2, 0.25) is 0 Å². The Hall–Kier alpha value is -3.42. The number of allylic oxidation sites excluding steroid dienone is 3. The van der Waals surface area contributed by atoms with Gasteiger partial charge >= 0.3 is 12.1 Å². The Morgan fingerprint density at radius 1 is 1.20 bits per heavy atom. The van der Waals surface area contributed by atoms with Crippen LogP contribution in [0.25, 0.3) is 0 Å². The first-order valence-electron chi connectivity index (χ1n) is 16.5. The molecule has 0 aromatic carbocycles. The Morgan fingerprint density at radius 3 is 2.36 bits per heavy atom. The van der Waals surface area contributed by atoms with Crippen molar-refractivity contribution in [2.45, 2.75) is 106 Å². The van der Waals surface area contributed by atoms with Crippen LogP contribution in [0, 0.1) is 11.3 Å².